The van der Waals surface area contributed by atoms with E-state index in [2.05, 4.69) is 22.7 Å². The quantitative estimate of drug-likeness (QED) is 0.595. The fourth-order valence-corrected chi connectivity index (χ4v) is 1.60. The molecule has 0 spiro atoms. The van der Waals surface area contributed by atoms with E-state index in [0.717, 1.165) is 23.7 Å². The van der Waals surface area contributed by atoms with E-state index in [4.69, 9.17) is 0 Å². The van der Waals surface area contributed by atoms with Crippen LogP contribution in [0.4, 0.5) is 0 Å². The fraction of sp³-hybridized carbons (Fsp3) is 0.333. The van der Waals surface area contributed by atoms with Crippen LogP contribution in [-0.4, -0.2) is 5.11 Å². The number of rotatable bonds is 4. The number of hydrogen-bond donors (Lipinski definition) is 1. The van der Waals surface area contributed by atoms with Crippen molar-refractivity contribution < 1.29 is 5.11 Å². The summed E-state index contributed by atoms with van der Waals surface area (Å²) in [5.41, 5.74) is 2.22. The van der Waals surface area contributed by atoms with Crippen LogP contribution in [0.2, 0.25) is 0 Å². The number of allylic oxidation sites excluding steroid dienone is 1. The van der Waals surface area contributed by atoms with Crippen LogP contribution in [-0.2, 0) is 0 Å². The van der Waals surface area contributed by atoms with E-state index in [1.54, 1.807) is 0 Å². The Morgan fingerprint density at radius 2 is 2.29 bits per heavy atom. The second kappa shape index (κ2) is 5.29. The van der Waals surface area contributed by atoms with Crippen molar-refractivity contribution in [2.24, 2.45) is 0 Å². The Bertz CT molecular complexity index is 320. The summed E-state index contributed by atoms with van der Waals surface area (Å²) < 4.78 is 0. The Morgan fingerprint density at radius 1 is 1.57 bits per heavy atom. The van der Waals surface area contributed by atoms with E-state index in [1.165, 1.54) is 5.56 Å². The van der Waals surface area contributed by atoms with E-state index in [1.807, 2.05) is 24.3 Å². The molecule has 1 nitrogen and oxygen atoms in total. The summed E-state index contributed by atoms with van der Waals surface area (Å²) >= 11 is 0. The van der Waals surface area contributed by atoms with Gasteiger partial charge in [0.2, 0.25) is 0 Å². The highest BCUT2D eigenvalue weighted by Crippen LogP contribution is 2.18. The van der Waals surface area contributed by atoms with Gasteiger partial charge in [-0.05, 0) is 42.3 Å². The summed E-state index contributed by atoms with van der Waals surface area (Å²) in [6, 6.07) is 6.04. The number of aryl methyl sites for hydroxylation is 1. The van der Waals surface area contributed by atoms with Crippen LogP contribution >= 0.6 is 9.24 Å². The molecule has 0 radical (unpaired) electrons. The van der Waals surface area contributed by atoms with Gasteiger partial charge in [-0.1, -0.05) is 18.2 Å². The summed E-state index contributed by atoms with van der Waals surface area (Å²) in [6.45, 7) is 5.70. The molecule has 0 aliphatic rings. The third-order valence-electron chi connectivity index (χ3n) is 2.33. The monoisotopic (exact) mass is 208 g/mol. The minimum Gasteiger partial charge on any atom is -0.388 e. The average Bonchev–Trinajstić information content (AvgIpc) is 2.18. The van der Waals surface area contributed by atoms with Gasteiger partial charge in [0.1, 0.15) is 0 Å². The molecule has 2 atom stereocenters. The maximum absolute atomic E-state index is 9.81. The Hall–Kier alpha value is -0.650. The van der Waals surface area contributed by atoms with E-state index < -0.39 is 0 Å². The average molecular weight is 208 g/mol. The van der Waals surface area contributed by atoms with Gasteiger partial charge in [-0.2, -0.15) is 0 Å². The zero-order chi connectivity index (χ0) is 10.6. The van der Waals surface area contributed by atoms with Crippen LogP contribution in [0.15, 0.2) is 30.9 Å². The van der Waals surface area contributed by atoms with E-state index in [-0.39, 0.29) is 6.10 Å². The lowest BCUT2D eigenvalue weighted by molar-refractivity contribution is 0.169. The number of benzene rings is 1. The molecule has 0 aromatic heterocycles. The lowest BCUT2D eigenvalue weighted by Crippen LogP contribution is -2.03. The first kappa shape index (κ1) is 11.4. The predicted molar refractivity (Wildman–Crippen MR) is 64.9 cm³/mol. The molecule has 1 aromatic rings. The van der Waals surface area contributed by atoms with E-state index >= 15 is 0 Å². The predicted octanol–water partition coefficient (Wildman–Crippen LogP) is 2.50. The first-order valence-electron chi connectivity index (χ1n) is 4.80. The fourth-order valence-electron chi connectivity index (χ4n) is 1.31. The van der Waals surface area contributed by atoms with Crippen molar-refractivity contribution in [1.82, 2.24) is 0 Å². The van der Waals surface area contributed by atoms with E-state index in [9.17, 15) is 5.11 Å². The highest BCUT2D eigenvalue weighted by Gasteiger charge is 2.06. The molecule has 0 saturated carbocycles. The third-order valence-corrected chi connectivity index (χ3v) is 2.95. The van der Waals surface area contributed by atoms with Crippen molar-refractivity contribution in [1.29, 1.82) is 0 Å². The van der Waals surface area contributed by atoms with Gasteiger partial charge in [0.15, 0.2) is 0 Å². The molecule has 76 valence electrons. The van der Waals surface area contributed by atoms with Crippen LogP contribution in [0.25, 0.3) is 0 Å². The van der Waals surface area contributed by atoms with Crippen molar-refractivity contribution in [3.63, 3.8) is 0 Å². The van der Waals surface area contributed by atoms with Crippen LogP contribution < -0.4 is 5.30 Å². The lowest BCUT2D eigenvalue weighted by Gasteiger charge is -2.11. The summed E-state index contributed by atoms with van der Waals surface area (Å²) in [5, 5.41) is 11.0. The number of aliphatic hydroxyl groups is 1. The van der Waals surface area contributed by atoms with E-state index in [0.29, 0.717) is 0 Å². The summed E-state index contributed by atoms with van der Waals surface area (Å²) in [7, 11) is 2.68. The standard InChI is InChI=1S/C12H17OP/c1-3-4-5-11(13)10-7-6-9(2)12(14)8-10/h3,6-8,11,13H,1,4-5,14H2,2H3. The third kappa shape index (κ3) is 2.94. The van der Waals surface area contributed by atoms with Crippen LogP contribution in [0.3, 0.4) is 0 Å². The van der Waals surface area contributed by atoms with Crippen LogP contribution in [0, 0.1) is 6.92 Å². The normalized spacial score (nSPS) is 12.5. The van der Waals surface area contributed by atoms with Gasteiger partial charge in [-0.3, -0.25) is 0 Å². The topological polar surface area (TPSA) is 20.2 Å². The summed E-state index contributed by atoms with van der Waals surface area (Å²) in [6.07, 6.45) is 3.06. The van der Waals surface area contributed by atoms with Crippen molar-refractivity contribution in [3.05, 3.63) is 42.0 Å². The minimum absolute atomic E-state index is 0.368. The molecule has 0 saturated heterocycles. The second-order valence-electron chi connectivity index (χ2n) is 3.50. The van der Waals surface area contributed by atoms with Crippen LogP contribution in [0.1, 0.15) is 30.1 Å². The maximum atomic E-state index is 9.81. The molecule has 0 fully saturated rings. The number of aliphatic hydroxyl groups excluding tert-OH is 1. The Morgan fingerprint density at radius 3 is 2.86 bits per heavy atom. The van der Waals surface area contributed by atoms with Gasteiger partial charge in [-0.15, -0.1) is 15.8 Å². The molecule has 0 aliphatic carbocycles. The summed E-state index contributed by atoms with van der Waals surface area (Å²) in [4.78, 5) is 0. The van der Waals surface area contributed by atoms with Gasteiger partial charge >= 0.3 is 0 Å². The van der Waals surface area contributed by atoms with Crippen molar-refractivity contribution in [3.8, 4) is 0 Å². The highest BCUT2D eigenvalue weighted by atomic mass is 31.0. The second-order valence-corrected chi connectivity index (χ2v) is 4.12. The molecular weight excluding hydrogens is 191 g/mol. The van der Waals surface area contributed by atoms with Crippen molar-refractivity contribution >= 4 is 14.5 Å². The first-order valence-corrected chi connectivity index (χ1v) is 5.38. The Labute approximate surface area is 88.1 Å². The van der Waals surface area contributed by atoms with Gasteiger partial charge in [0.25, 0.3) is 0 Å². The highest BCUT2D eigenvalue weighted by molar-refractivity contribution is 7.27. The molecule has 1 rings (SSSR count). The first-order chi connectivity index (χ1) is 6.65. The maximum Gasteiger partial charge on any atom is 0.0793 e. The molecule has 1 N–H and O–H groups in total. The van der Waals surface area contributed by atoms with Crippen molar-refractivity contribution in [2.75, 3.05) is 0 Å². The van der Waals surface area contributed by atoms with Crippen molar-refractivity contribution in [2.45, 2.75) is 25.9 Å². The van der Waals surface area contributed by atoms with Gasteiger partial charge in [-0.25, -0.2) is 0 Å². The largest absolute Gasteiger partial charge is 0.388 e. The molecule has 2 unspecified atom stereocenters. The molecular formula is C12H17OP. The van der Waals surface area contributed by atoms with Gasteiger partial charge < -0.3 is 5.11 Å². The molecule has 14 heavy (non-hydrogen) atoms. The molecule has 0 heterocycles. The zero-order valence-corrected chi connectivity index (χ0v) is 9.69. The van der Waals surface area contributed by atoms with Crippen LogP contribution in [0.5, 0.6) is 0 Å². The zero-order valence-electron chi connectivity index (χ0n) is 8.53. The number of hydrogen-bond acceptors (Lipinski definition) is 1. The van der Waals surface area contributed by atoms with Gasteiger partial charge in [0, 0.05) is 0 Å². The van der Waals surface area contributed by atoms with Gasteiger partial charge in [0.05, 0.1) is 6.10 Å². The minimum atomic E-state index is -0.368. The Balaban J connectivity index is 2.75. The molecule has 0 amide bonds. The molecule has 1 aromatic carbocycles. The smallest absolute Gasteiger partial charge is 0.0793 e. The molecule has 0 bridgehead atoms. The molecule has 0 aliphatic heterocycles. The lowest BCUT2D eigenvalue weighted by atomic mass is 10.0. The molecule has 2 heteroatoms. The summed E-state index contributed by atoms with van der Waals surface area (Å²) in [5.74, 6) is 0. The SMILES string of the molecule is C=CCCC(O)c1ccc(C)c(P)c1. The Kier molecular flexibility index (Phi) is 4.31.